The predicted molar refractivity (Wildman–Crippen MR) is 69.0 cm³/mol. The molecule has 0 aliphatic heterocycles. The van der Waals surface area contributed by atoms with Gasteiger partial charge in [-0.15, -0.1) is 6.58 Å². The molecule has 4 heteroatoms. The number of anilines is 2. The second-order valence-electron chi connectivity index (χ2n) is 3.61. The first-order chi connectivity index (χ1) is 7.06. The van der Waals surface area contributed by atoms with E-state index < -0.39 is 0 Å². The van der Waals surface area contributed by atoms with Crippen molar-refractivity contribution in [3.05, 3.63) is 29.4 Å². The van der Waals surface area contributed by atoms with Crippen LogP contribution in [0.4, 0.5) is 11.5 Å². The topological polar surface area (TPSA) is 42.2 Å². The van der Waals surface area contributed by atoms with Crippen LogP contribution in [0, 0.1) is 0 Å². The SMILES string of the molecule is C=CCN(c1ncc(N)cc1Br)C(C)C. The zero-order valence-corrected chi connectivity index (χ0v) is 10.7. The third kappa shape index (κ3) is 2.96. The Balaban J connectivity index is 3.05. The molecular weight excluding hydrogens is 254 g/mol. The number of pyridine rings is 1. The second-order valence-corrected chi connectivity index (χ2v) is 4.46. The molecule has 0 radical (unpaired) electrons. The third-order valence-corrected chi connectivity index (χ3v) is 2.65. The fourth-order valence-electron chi connectivity index (χ4n) is 1.34. The van der Waals surface area contributed by atoms with Crippen molar-refractivity contribution in [1.29, 1.82) is 0 Å². The molecule has 0 aromatic carbocycles. The minimum Gasteiger partial charge on any atom is -0.397 e. The summed E-state index contributed by atoms with van der Waals surface area (Å²) in [5.41, 5.74) is 6.31. The van der Waals surface area contributed by atoms with Crippen LogP contribution in [0.15, 0.2) is 29.4 Å². The number of aromatic nitrogens is 1. The van der Waals surface area contributed by atoms with Crippen molar-refractivity contribution in [3.8, 4) is 0 Å². The van der Waals surface area contributed by atoms with Crippen molar-refractivity contribution < 1.29 is 0 Å². The fraction of sp³-hybridized carbons (Fsp3) is 0.364. The first kappa shape index (κ1) is 12.0. The van der Waals surface area contributed by atoms with Crippen molar-refractivity contribution in [3.63, 3.8) is 0 Å². The van der Waals surface area contributed by atoms with Crippen LogP contribution >= 0.6 is 15.9 Å². The molecule has 0 saturated carbocycles. The number of nitrogens with zero attached hydrogens (tertiary/aromatic N) is 2. The first-order valence-electron chi connectivity index (χ1n) is 4.84. The molecule has 1 rings (SSSR count). The van der Waals surface area contributed by atoms with Gasteiger partial charge in [-0.1, -0.05) is 6.08 Å². The van der Waals surface area contributed by atoms with E-state index in [2.05, 4.69) is 46.2 Å². The third-order valence-electron chi connectivity index (χ3n) is 2.06. The highest BCUT2D eigenvalue weighted by Crippen LogP contribution is 2.26. The smallest absolute Gasteiger partial charge is 0.143 e. The van der Waals surface area contributed by atoms with E-state index in [1.165, 1.54) is 0 Å². The van der Waals surface area contributed by atoms with Crippen LogP contribution in [0.5, 0.6) is 0 Å². The van der Waals surface area contributed by atoms with Gasteiger partial charge in [0.2, 0.25) is 0 Å². The highest BCUT2D eigenvalue weighted by molar-refractivity contribution is 9.10. The molecule has 0 bridgehead atoms. The van der Waals surface area contributed by atoms with Crippen LogP contribution in [0.25, 0.3) is 0 Å². The number of nitrogens with two attached hydrogens (primary N) is 1. The van der Waals surface area contributed by atoms with Crippen LogP contribution in [0.3, 0.4) is 0 Å². The van der Waals surface area contributed by atoms with Crippen molar-refractivity contribution >= 4 is 27.4 Å². The lowest BCUT2D eigenvalue weighted by Crippen LogP contribution is -2.31. The maximum atomic E-state index is 5.65. The predicted octanol–water partition coefficient (Wildman–Crippen LogP) is 2.83. The Kier molecular flexibility index (Phi) is 4.15. The van der Waals surface area contributed by atoms with Gasteiger partial charge >= 0.3 is 0 Å². The summed E-state index contributed by atoms with van der Waals surface area (Å²) in [6, 6.07) is 2.23. The van der Waals surface area contributed by atoms with Crippen LogP contribution in [0.1, 0.15) is 13.8 Å². The van der Waals surface area contributed by atoms with Gasteiger partial charge in [-0.2, -0.15) is 0 Å². The summed E-state index contributed by atoms with van der Waals surface area (Å²) in [4.78, 5) is 6.47. The summed E-state index contributed by atoms with van der Waals surface area (Å²) in [5.74, 6) is 0.902. The van der Waals surface area contributed by atoms with Gasteiger partial charge in [0.05, 0.1) is 16.4 Å². The van der Waals surface area contributed by atoms with E-state index in [0.717, 1.165) is 16.8 Å². The molecule has 0 unspecified atom stereocenters. The summed E-state index contributed by atoms with van der Waals surface area (Å²) in [6.07, 6.45) is 3.53. The Bertz CT molecular complexity index is 350. The number of halogens is 1. The highest BCUT2D eigenvalue weighted by atomic mass is 79.9. The largest absolute Gasteiger partial charge is 0.397 e. The molecule has 0 aliphatic rings. The molecule has 0 spiro atoms. The van der Waals surface area contributed by atoms with Crippen LogP contribution in [0.2, 0.25) is 0 Å². The van der Waals surface area contributed by atoms with E-state index in [0.29, 0.717) is 11.7 Å². The monoisotopic (exact) mass is 269 g/mol. The number of nitrogen functional groups attached to an aromatic ring is 1. The lowest BCUT2D eigenvalue weighted by atomic mass is 10.3. The van der Waals surface area contributed by atoms with Gasteiger partial charge in [0.25, 0.3) is 0 Å². The van der Waals surface area contributed by atoms with Gasteiger partial charge in [-0.05, 0) is 35.8 Å². The van der Waals surface area contributed by atoms with Gasteiger partial charge in [0, 0.05) is 12.6 Å². The maximum Gasteiger partial charge on any atom is 0.143 e. The first-order valence-corrected chi connectivity index (χ1v) is 5.64. The number of hydrogen-bond acceptors (Lipinski definition) is 3. The molecule has 0 amide bonds. The average Bonchev–Trinajstić information content (AvgIpc) is 2.15. The lowest BCUT2D eigenvalue weighted by molar-refractivity contribution is 0.711. The second kappa shape index (κ2) is 5.16. The summed E-state index contributed by atoms with van der Waals surface area (Å²) in [5, 5.41) is 0. The molecule has 0 aliphatic carbocycles. The minimum absolute atomic E-state index is 0.371. The fourth-order valence-corrected chi connectivity index (χ4v) is 1.93. The van der Waals surface area contributed by atoms with E-state index in [1.807, 2.05) is 12.1 Å². The lowest BCUT2D eigenvalue weighted by Gasteiger charge is -2.27. The standard InChI is InChI=1S/C11H16BrN3/c1-4-5-15(8(2)3)11-10(12)6-9(13)7-14-11/h4,6-8H,1,5,13H2,2-3H3. The molecular formula is C11H16BrN3. The molecule has 0 saturated heterocycles. The zero-order chi connectivity index (χ0) is 11.4. The molecule has 1 aromatic heterocycles. The summed E-state index contributed by atoms with van der Waals surface area (Å²) in [7, 11) is 0. The highest BCUT2D eigenvalue weighted by Gasteiger charge is 2.13. The molecule has 0 fully saturated rings. The van der Waals surface area contributed by atoms with Crippen molar-refractivity contribution in [2.24, 2.45) is 0 Å². The summed E-state index contributed by atoms with van der Waals surface area (Å²) in [6.45, 7) is 8.76. The van der Waals surface area contributed by atoms with Gasteiger partial charge in [-0.25, -0.2) is 4.98 Å². The normalized spacial score (nSPS) is 10.4. The molecule has 3 nitrogen and oxygen atoms in total. The zero-order valence-electron chi connectivity index (χ0n) is 9.07. The summed E-state index contributed by atoms with van der Waals surface area (Å²) >= 11 is 3.47. The van der Waals surface area contributed by atoms with Crippen molar-refractivity contribution in [2.75, 3.05) is 17.2 Å². The Morgan fingerprint density at radius 2 is 2.33 bits per heavy atom. The quantitative estimate of drug-likeness (QED) is 0.855. The van der Waals surface area contributed by atoms with E-state index in [1.54, 1.807) is 6.20 Å². The van der Waals surface area contributed by atoms with Crippen LogP contribution < -0.4 is 10.6 Å². The van der Waals surface area contributed by atoms with E-state index in [4.69, 9.17) is 5.73 Å². The van der Waals surface area contributed by atoms with E-state index in [-0.39, 0.29) is 0 Å². The van der Waals surface area contributed by atoms with Gasteiger partial charge in [0.15, 0.2) is 0 Å². The van der Waals surface area contributed by atoms with Crippen molar-refractivity contribution in [2.45, 2.75) is 19.9 Å². The Morgan fingerprint density at radius 3 is 2.80 bits per heavy atom. The molecule has 2 N–H and O–H groups in total. The Labute approximate surface area is 99.1 Å². The van der Waals surface area contributed by atoms with Crippen molar-refractivity contribution in [1.82, 2.24) is 4.98 Å². The molecule has 82 valence electrons. The minimum atomic E-state index is 0.371. The molecule has 1 aromatic rings. The molecule has 15 heavy (non-hydrogen) atoms. The van der Waals surface area contributed by atoms with Crippen LogP contribution in [-0.4, -0.2) is 17.6 Å². The average molecular weight is 270 g/mol. The van der Waals surface area contributed by atoms with Gasteiger partial charge in [-0.3, -0.25) is 0 Å². The van der Waals surface area contributed by atoms with Crippen LogP contribution in [-0.2, 0) is 0 Å². The Morgan fingerprint density at radius 1 is 1.67 bits per heavy atom. The molecule has 1 heterocycles. The van der Waals surface area contributed by atoms with Gasteiger partial charge in [0.1, 0.15) is 5.82 Å². The molecule has 0 atom stereocenters. The van der Waals surface area contributed by atoms with Gasteiger partial charge < -0.3 is 10.6 Å². The van der Waals surface area contributed by atoms with E-state index >= 15 is 0 Å². The Hall–Kier alpha value is -1.03. The number of hydrogen-bond donors (Lipinski definition) is 1. The summed E-state index contributed by atoms with van der Waals surface area (Å²) < 4.78 is 0.915. The van der Waals surface area contributed by atoms with E-state index in [9.17, 15) is 0 Å². The number of rotatable bonds is 4. The maximum absolute atomic E-state index is 5.65.